The van der Waals surface area contributed by atoms with Gasteiger partial charge in [0, 0.05) is 6.61 Å². The van der Waals surface area contributed by atoms with Crippen LogP contribution in [0.3, 0.4) is 0 Å². The fourth-order valence-electron chi connectivity index (χ4n) is 2.10. The van der Waals surface area contributed by atoms with E-state index in [4.69, 9.17) is 10.5 Å². The van der Waals surface area contributed by atoms with Crippen molar-refractivity contribution in [3.63, 3.8) is 0 Å². The number of hydrogen-bond donors (Lipinski definition) is 1. The lowest BCUT2D eigenvalue weighted by Crippen LogP contribution is -2.17. The summed E-state index contributed by atoms with van der Waals surface area (Å²) in [7, 11) is 1.31. The number of anilines is 1. The molecule has 19 heavy (non-hydrogen) atoms. The third-order valence-electron chi connectivity index (χ3n) is 3.18. The third kappa shape index (κ3) is 2.84. The summed E-state index contributed by atoms with van der Waals surface area (Å²) in [5.41, 5.74) is 6.61. The minimum Gasteiger partial charge on any atom is -0.465 e. The molecule has 1 aromatic heterocycles. The number of hydrogen-bond acceptors (Lipinski definition) is 6. The number of nitrogens with zero attached hydrogens (tertiary/aromatic N) is 2. The summed E-state index contributed by atoms with van der Waals surface area (Å²) in [4.78, 5) is 20.2. The van der Waals surface area contributed by atoms with E-state index < -0.39 is 5.97 Å². The topological polar surface area (TPSA) is 87.3 Å². The fraction of sp³-hybridized carbons (Fsp3) is 0.615. The van der Waals surface area contributed by atoms with Crippen molar-refractivity contribution < 1.29 is 14.3 Å². The Kier molecular flexibility index (Phi) is 3.99. The van der Waals surface area contributed by atoms with Gasteiger partial charge < -0.3 is 15.2 Å². The van der Waals surface area contributed by atoms with Crippen LogP contribution in [0.25, 0.3) is 0 Å². The van der Waals surface area contributed by atoms with E-state index in [0.29, 0.717) is 24.0 Å². The second kappa shape index (κ2) is 5.52. The number of aryl methyl sites for hydroxylation is 1. The van der Waals surface area contributed by atoms with Crippen LogP contribution < -0.4 is 5.73 Å². The van der Waals surface area contributed by atoms with Crippen LogP contribution in [0.4, 0.5) is 5.82 Å². The molecular formula is C13H19N3O3. The fourth-order valence-corrected chi connectivity index (χ4v) is 2.10. The number of carbonyl (C=O) groups excluding carboxylic acids is 1. The van der Waals surface area contributed by atoms with Crippen molar-refractivity contribution in [1.82, 2.24) is 9.97 Å². The minimum atomic E-state index is -0.513. The average molecular weight is 265 g/mol. The molecule has 2 N–H and O–H groups in total. The molecule has 0 bridgehead atoms. The standard InChI is InChI=1S/C13H19N3O3/c1-4-19-10(8-5-6-8)12-15-7(2)9(11(14)16-12)13(17)18-3/h8,10H,4-6H2,1-3H3,(H2,14,15,16). The normalized spacial score (nSPS) is 16.2. The highest BCUT2D eigenvalue weighted by Crippen LogP contribution is 2.42. The maximum Gasteiger partial charge on any atom is 0.343 e. The molecule has 0 radical (unpaired) electrons. The Morgan fingerprint density at radius 3 is 2.63 bits per heavy atom. The van der Waals surface area contributed by atoms with Crippen molar-refractivity contribution in [2.75, 3.05) is 19.5 Å². The van der Waals surface area contributed by atoms with Crippen LogP contribution in [0.2, 0.25) is 0 Å². The van der Waals surface area contributed by atoms with Crippen molar-refractivity contribution in [3.05, 3.63) is 17.1 Å². The van der Waals surface area contributed by atoms with Crippen LogP contribution in [0, 0.1) is 12.8 Å². The summed E-state index contributed by atoms with van der Waals surface area (Å²) >= 11 is 0. The number of carbonyl (C=O) groups is 1. The summed E-state index contributed by atoms with van der Waals surface area (Å²) < 4.78 is 10.4. The van der Waals surface area contributed by atoms with Gasteiger partial charge in [0.05, 0.1) is 12.8 Å². The molecular weight excluding hydrogens is 246 g/mol. The number of nitrogen functional groups attached to an aromatic ring is 1. The second-order valence-corrected chi connectivity index (χ2v) is 4.63. The highest BCUT2D eigenvalue weighted by Gasteiger charge is 2.35. The van der Waals surface area contributed by atoms with E-state index in [1.54, 1.807) is 6.92 Å². The first kappa shape index (κ1) is 13.7. The van der Waals surface area contributed by atoms with Crippen LogP contribution in [0.15, 0.2) is 0 Å². The number of nitrogens with two attached hydrogens (primary N) is 1. The minimum absolute atomic E-state index is 0.127. The quantitative estimate of drug-likeness (QED) is 0.814. The maximum atomic E-state index is 11.6. The van der Waals surface area contributed by atoms with Crippen LogP contribution in [0.1, 0.15) is 47.7 Å². The molecule has 1 fully saturated rings. The Morgan fingerprint density at radius 1 is 1.47 bits per heavy atom. The van der Waals surface area contributed by atoms with Gasteiger partial charge in [0.1, 0.15) is 17.5 Å². The Hall–Kier alpha value is -1.69. The molecule has 6 heteroatoms. The Bertz CT molecular complexity index is 463. The van der Waals surface area contributed by atoms with E-state index >= 15 is 0 Å². The third-order valence-corrected chi connectivity index (χ3v) is 3.18. The molecule has 104 valence electrons. The summed E-state index contributed by atoms with van der Waals surface area (Å²) in [5, 5.41) is 0. The number of aromatic nitrogens is 2. The van der Waals surface area contributed by atoms with E-state index in [1.807, 2.05) is 6.92 Å². The van der Waals surface area contributed by atoms with Gasteiger partial charge in [-0.15, -0.1) is 0 Å². The number of methoxy groups -OCH3 is 1. The van der Waals surface area contributed by atoms with Gasteiger partial charge in [-0.05, 0) is 32.6 Å². The predicted molar refractivity (Wildman–Crippen MR) is 69.6 cm³/mol. The number of esters is 1. The molecule has 6 nitrogen and oxygen atoms in total. The van der Waals surface area contributed by atoms with E-state index in [9.17, 15) is 4.79 Å². The summed E-state index contributed by atoms with van der Waals surface area (Å²) in [6, 6.07) is 0. The van der Waals surface area contributed by atoms with Gasteiger partial charge in [0.2, 0.25) is 0 Å². The first-order valence-corrected chi connectivity index (χ1v) is 6.42. The maximum absolute atomic E-state index is 11.6. The first-order chi connectivity index (χ1) is 9.08. The summed E-state index contributed by atoms with van der Waals surface area (Å²) in [5.74, 6) is 0.662. The zero-order chi connectivity index (χ0) is 14.0. The van der Waals surface area contributed by atoms with E-state index in [0.717, 1.165) is 12.8 Å². The van der Waals surface area contributed by atoms with Gasteiger partial charge in [-0.2, -0.15) is 0 Å². The van der Waals surface area contributed by atoms with Crippen molar-refractivity contribution >= 4 is 11.8 Å². The number of rotatable bonds is 5. The van der Waals surface area contributed by atoms with Gasteiger partial charge in [0.15, 0.2) is 5.82 Å². The molecule has 1 atom stereocenters. The average Bonchev–Trinajstić information content (AvgIpc) is 3.18. The largest absolute Gasteiger partial charge is 0.465 e. The predicted octanol–water partition coefficient (Wildman–Crippen LogP) is 1.64. The zero-order valence-corrected chi connectivity index (χ0v) is 11.5. The monoisotopic (exact) mass is 265 g/mol. The number of ether oxygens (including phenoxy) is 2. The van der Waals surface area contributed by atoms with Crippen LogP contribution >= 0.6 is 0 Å². The molecule has 0 amide bonds. The Morgan fingerprint density at radius 2 is 2.16 bits per heavy atom. The second-order valence-electron chi connectivity index (χ2n) is 4.63. The van der Waals surface area contributed by atoms with Crippen LogP contribution in [-0.4, -0.2) is 29.7 Å². The molecule has 0 saturated heterocycles. The van der Waals surface area contributed by atoms with E-state index in [2.05, 4.69) is 14.7 Å². The first-order valence-electron chi connectivity index (χ1n) is 6.42. The van der Waals surface area contributed by atoms with Crippen molar-refractivity contribution in [2.45, 2.75) is 32.8 Å². The molecule has 0 spiro atoms. The molecule has 1 aliphatic rings. The van der Waals surface area contributed by atoms with Crippen LogP contribution in [-0.2, 0) is 9.47 Å². The van der Waals surface area contributed by atoms with Crippen molar-refractivity contribution in [3.8, 4) is 0 Å². The van der Waals surface area contributed by atoms with Crippen molar-refractivity contribution in [1.29, 1.82) is 0 Å². The lowest BCUT2D eigenvalue weighted by Gasteiger charge is -2.17. The van der Waals surface area contributed by atoms with E-state index in [1.165, 1.54) is 7.11 Å². The van der Waals surface area contributed by atoms with Gasteiger partial charge in [-0.25, -0.2) is 14.8 Å². The lowest BCUT2D eigenvalue weighted by atomic mass is 10.1. The summed E-state index contributed by atoms with van der Waals surface area (Å²) in [6.07, 6.45) is 2.11. The zero-order valence-electron chi connectivity index (χ0n) is 11.5. The molecule has 0 aromatic carbocycles. The Balaban J connectivity index is 2.35. The van der Waals surface area contributed by atoms with Gasteiger partial charge >= 0.3 is 5.97 Å². The van der Waals surface area contributed by atoms with Crippen LogP contribution in [0.5, 0.6) is 0 Å². The molecule has 1 heterocycles. The highest BCUT2D eigenvalue weighted by atomic mass is 16.5. The molecule has 1 aliphatic carbocycles. The molecule has 1 saturated carbocycles. The molecule has 1 unspecified atom stereocenters. The smallest absolute Gasteiger partial charge is 0.343 e. The van der Waals surface area contributed by atoms with Gasteiger partial charge in [-0.1, -0.05) is 0 Å². The van der Waals surface area contributed by atoms with Gasteiger partial charge in [0.25, 0.3) is 0 Å². The lowest BCUT2D eigenvalue weighted by molar-refractivity contribution is 0.0398. The summed E-state index contributed by atoms with van der Waals surface area (Å²) in [6.45, 7) is 4.26. The Labute approximate surface area is 112 Å². The van der Waals surface area contributed by atoms with E-state index in [-0.39, 0.29) is 17.5 Å². The SMILES string of the molecule is CCOC(c1nc(C)c(C(=O)OC)c(N)n1)C1CC1. The molecule has 2 rings (SSSR count). The molecule has 1 aromatic rings. The molecule has 0 aliphatic heterocycles. The van der Waals surface area contributed by atoms with Gasteiger partial charge in [-0.3, -0.25) is 0 Å². The van der Waals surface area contributed by atoms with Crippen molar-refractivity contribution in [2.24, 2.45) is 5.92 Å². The highest BCUT2D eigenvalue weighted by molar-refractivity contribution is 5.95.